The number of amides is 2. The number of rotatable bonds is 3. The summed E-state index contributed by atoms with van der Waals surface area (Å²) in [5.41, 5.74) is 0.218. The second-order valence-corrected chi connectivity index (χ2v) is 5.05. The van der Waals surface area contributed by atoms with E-state index in [9.17, 15) is 9.59 Å². The number of hydrogen-bond donors (Lipinski definition) is 1. The van der Waals surface area contributed by atoms with E-state index in [1.54, 1.807) is 4.90 Å². The Balaban J connectivity index is 1.93. The summed E-state index contributed by atoms with van der Waals surface area (Å²) < 4.78 is 0. The zero-order valence-corrected chi connectivity index (χ0v) is 11.7. The molecule has 0 radical (unpaired) electrons. The summed E-state index contributed by atoms with van der Waals surface area (Å²) >= 11 is 11.6. The number of halogens is 2. The van der Waals surface area contributed by atoms with Crippen LogP contribution in [0.2, 0.25) is 10.2 Å². The molecule has 5 nitrogen and oxygen atoms in total. The molecule has 1 saturated heterocycles. The van der Waals surface area contributed by atoms with Crippen molar-refractivity contribution in [1.29, 1.82) is 0 Å². The van der Waals surface area contributed by atoms with Gasteiger partial charge in [-0.1, -0.05) is 23.2 Å². The van der Waals surface area contributed by atoms with E-state index in [1.165, 1.54) is 12.3 Å². The zero-order valence-electron chi connectivity index (χ0n) is 10.2. The smallest absolute Gasteiger partial charge is 0.253 e. The predicted octanol–water partition coefficient (Wildman–Crippen LogP) is 1.74. The maximum atomic E-state index is 11.9. The minimum Gasteiger partial charge on any atom is -0.343 e. The van der Waals surface area contributed by atoms with Crippen molar-refractivity contribution in [2.75, 3.05) is 19.6 Å². The van der Waals surface area contributed by atoms with E-state index >= 15 is 0 Å². The molecule has 0 aliphatic carbocycles. The Labute approximate surface area is 120 Å². The van der Waals surface area contributed by atoms with Crippen LogP contribution in [0.5, 0.6) is 0 Å². The Hall–Kier alpha value is -1.33. The highest BCUT2D eigenvalue weighted by Crippen LogP contribution is 2.17. The van der Waals surface area contributed by atoms with Gasteiger partial charge in [-0.2, -0.15) is 0 Å². The van der Waals surface area contributed by atoms with Gasteiger partial charge in [-0.15, -0.1) is 0 Å². The third kappa shape index (κ3) is 3.58. The Morgan fingerprint density at radius 2 is 2.00 bits per heavy atom. The second kappa shape index (κ2) is 6.21. The lowest BCUT2D eigenvalue weighted by atomic mass is 10.2. The third-order valence-corrected chi connectivity index (χ3v) is 3.43. The van der Waals surface area contributed by atoms with Gasteiger partial charge < -0.3 is 10.2 Å². The van der Waals surface area contributed by atoms with E-state index < -0.39 is 5.91 Å². The summed E-state index contributed by atoms with van der Waals surface area (Å²) in [6.07, 6.45) is 3.35. The zero-order chi connectivity index (χ0) is 13.8. The monoisotopic (exact) mass is 301 g/mol. The number of pyridine rings is 1. The van der Waals surface area contributed by atoms with Crippen LogP contribution in [0.15, 0.2) is 12.3 Å². The van der Waals surface area contributed by atoms with E-state index in [2.05, 4.69) is 10.3 Å². The molecule has 0 spiro atoms. The number of carbonyl (C=O) groups is 2. The van der Waals surface area contributed by atoms with Gasteiger partial charge in [0.2, 0.25) is 5.91 Å². The van der Waals surface area contributed by atoms with Crippen LogP contribution in [0.1, 0.15) is 23.2 Å². The van der Waals surface area contributed by atoms with Gasteiger partial charge in [0.05, 0.1) is 17.1 Å². The fourth-order valence-corrected chi connectivity index (χ4v) is 2.26. The Bertz CT molecular complexity index is 502. The fraction of sp³-hybridized carbons (Fsp3) is 0.417. The summed E-state index contributed by atoms with van der Waals surface area (Å²) in [5.74, 6) is -0.510. The number of likely N-dealkylation sites (tertiary alicyclic amines) is 1. The third-order valence-electron chi connectivity index (χ3n) is 2.93. The molecule has 0 atom stereocenters. The standard InChI is InChI=1S/C12H13Cl2N3O2/c13-9-6-15-10(14)5-8(9)12(19)16-7-11(18)17-3-1-2-4-17/h5-6H,1-4,7H2,(H,16,19). The maximum absolute atomic E-state index is 11.9. The van der Waals surface area contributed by atoms with Crippen LogP contribution < -0.4 is 5.32 Å². The summed E-state index contributed by atoms with van der Waals surface area (Å²) in [6, 6.07) is 1.37. The van der Waals surface area contributed by atoms with E-state index in [0.717, 1.165) is 25.9 Å². The van der Waals surface area contributed by atoms with Gasteiger partial charge in [-0.25, -0.2) is 4.98 Å². The lowest BCUT2D eigenvalue weighted by Gasteiger charge is -2.15. The first-order chi connectivity index (χ1) is 9.08. The highest BCUT2D eigenvalue weighted by atomic mass is 35.5. The Morgan fingerprint density at radius 3 is 2.68 bits per heavy atom. The molecule has 7 heteroatoms. The first-order valence-corrected chi connectivity index (χ1v) is 6.70. The quantitative estimate of drug-likeness (QED) is 0.865. The topological polar surface area (TPSA) is 62.3 Å². The molecule has 2 heterocycles. The minimum absolute atomic E-state index is 0.0326. The molecule has 1 aromatic heterocycles. The van der Waals surface area contributed by atoms with Crippen molar-refractivity contribution in [3.05, 3.63) is 28.0 Å². The lowest BCUT2D eigenvalue weighted by molar-refractivity contribution is -0.129. The minimum atomic E-state index is -0.429. The molecule has 0 aromatic carbocycles. The van der Waals surface area contributed by atoms with Gasteiger partial charge in [-0.05, 0) is 18.9 Å². The van der Waals surface area contributed by atoms with Crippen LogP contribution in [0, 0.1) is 0 Å². The number of hydrogen-bond acceptors (Lipinski definition) is 3. The number of nitrogens with zero attached hydrogens (tertiary/aromatic N) is 2. The van der Waals surface area contributed by atoms with E-state index in [1.807, 2.05) is 0 Å². The van der Waals surface area contributed by atoms with Crippen LogP contribution in [-0.4, -0.2) is 41.3 Å². The average Bonchev–Trinajstić information content (AvgIpc) is 2.92. The molecule has 2 amide bonds. The van der Waals surface area contributed by atoms with Gasteiger partial charge in [0, 0.05) is 19.3 Å². The second-order valence-electron chi connectivity index (χ2n) is 4.26. The SMILES string of the molecule is O=C(NCC(=O)N1CCCC1)c1cc(Cl)ncc1Cl. The Kier molecular flexibility index (Phi) is 4.61. The molecule has 0 bridgehead atoms. The van der Waals surface area contributed by atoms with Crippen molar-refractivity contribution in [3.8, 4) is 0 Å². The molecule has 1 aromatic rings. The van der Waals surface area contributed by atoms with Crippen LogP contribution in [0.4, 0.5) is 0 Å². The molecular weight excluding hydrogens is 289 g/mol. The van der Waals surface area contributed by atoms with Gasteiger partial charge in [0.25, 0.3) is 5.91 Å². The molecule has 2 rings (SSSR count). The van der Waals surface area contributed by atoms with E-state index in [4.69, 9.17) is 23.2 Å². The van der Waals surface area contributed by atoms with Crippen molar-refractivity contribution < 1.29 is 9.59 Å². The number of carbonyl (C=O) groups excluding carboxylic acids is 2. The van der Waals surface area contributed by atoms with E-state index in [0.29, 0.717) is 0 Å². The van der Waals surface area contributed by atoms with Crippen LogP contribution >= 0.6 is 23.2 Å². The van der Waals surface area contributed by atoms with Crippen molar-refractivity contribution >= 4 is 35.0 Å². The summed E-state index contributed by atoms with van der Waals surface area (Å²) in [4.78, 5) is 29.2. The van der Waals surface area contributed by atoms with Crippen molar-refractivity contribution in [2.24, 2.45) is 0 Å². The summed E-state index contributed by atoms with van der Waals surface area (Å²) in [7, 11) is 0. The van der Waals surface area contributed by atoms with Crippen molar-refractivity contribution in [3.63, 3.8) is 0 Å². The molecular formula is C12H13Cl2N3O2. The maximum Gasteiger partial charge on any atom is 0.253 e. The summed E-state index contributed by atoms with van der Waals surface area (Å²) in [6.45, 7) is 1.49. The molecule has 0 unspecified atom stereocenters. The van der Waals surface area contributed by atoms with Crippen LogP contribution in [0.3, 0.4) is 0 Å². The molecule has 102 valence electrons. The lowest BCUT2D eigenvalue weighted by Crippen LogP contribution is -2.38. The first-order valence-electron chi connectivity index (χ1n) is 5.95. The average molecular weight is 302 g/mol. The van der Waals surface area contributed by atoms with Crippen LogP contribution in [0.25, 0.3) is 0 Å². The predicted molar refractivity (Wildman–Crippen MR) is 72.4 cm³/mol. The molecule has 1 N–H and O–H groups in total. The highest BCUT2D eigenvalue weighted by Gasteiger charge is 2.19. The molecule has 1 fully saturated rings. The van der Waals surface area contributed by atoms with Gasteiger partial charge in [0.15, 0.2) is 0 Å². The van der Waals surface area contributed by atoms with Crippen molar-refractivity contribution in [2.45, 2.75) is 12.8 Å². The molecule has 1 aliphatic heterocycles. The van der Waals surface area contributed by atoms with E-state index in [-0.39, 0.29) is 28.2 Å². The fourth-order valence-electron chi connectivity index (χ4n) is 1.92. The van der Waals surface area contributed by atoms with Crippen molar-refractivity contribution in [1.82, 2.24) is 15.2 Å². The summed E-state index contributed by atoms with van der Waals surface area (Å²) in [5, 5.41) is 2.93. The molecule has 0 saturated carbocycles. The molecule has 19 heavy (non-hydrogen) atoms. The largest absolute Gasteiger partial charge is 0.343 e. The van der Waals surface area contributed by atoms with Gasteiger partial charge in [-0.3, -0.25) is 9.59 Å². The number of nitrogens with one attached hydrogen (secondary N) is 1. The normalized spacial score (nSPS) is 14.5. The number of aromatic nitrogens is 1. The Morgan fingerprint density at radius 1 is 1.32 bits per heavy atom. The van der Waals surface area contributed by atoms with Gasteiger partial charge in [0.1, 0.15) is 5.15 Å². The van der Waals surface area contributed by atoms with Gasteiger partial charge >= 0.3 is 0 Å². The first kappa shape index (κ1) is 14.1. The molecule has 1 aliphatic rings. The highest BCUT2D eigenvalue weighted by molar-refractivity contribution is 6.35. The van der Waals surface area contributed by atoms with Crippen LogP contribution in [-0.2, 0) is 4.79 Å².